The van der Waals surface area contributed by atoms with Crippen LogP contribution in [0.5, 0.6) is 17.2 Å². The molecular weight excluding hydrogens is 585 g/mol. The fraction of sp³-hybridized carbons (Fsp3) is 0.241. The standard InChI is InChI=1S/C29H25Cl2N5O6/c1-39-23-13-21(34-6-8-42-9-7-34)22(36(37)38)11-17(23)19-12-20-16(15-33-19)10-18(29-32-4-5-35(20)29)26-27(30)24(40-2)14-25(41-3)28(26)31/h4-5,10-15H,6-9H2,1-3H3. The Morgan fingerprint density at radius 2 is 1.60 bits per heavy atom. The van der Waals surface area contributed by atoms with Crippen LogP contribution in [0.25, 0.3) is 38.9 Å². The first-order valence-electron chi connectivity index (χ1n) is 12.9. The fourth-order valence-corrected chi connectivity index (χ4v) is 5.98. The van der Waals surface area contributed by atoms with Crippen molar-refractivity contribution in [2.45, 2.75) is 0 Å². The Morgan fingerprint density at radius 1 is 0.905 bits per heavy atom. The summed E-state index contributed by atoms with van der Waals surface area (Å²) < 4.78 is 24.0. The molecule has 0 unspecified atom stereocenters. The van der Waals surface area contributed by atoms with Crippen LogP contribution in [0.4, 0.5) is 11.4 Å². The van der Waals surface area contributed by atoms with E-state index in [9.17, 15) is 10.1 Å². The lowest BCUT2D eigenvalue weighted by atomic mass is 10.0. The van der Waals surface area contributed by atoms with Gasteiger partial charge in [0.2, 0.25) is 0 Å². The van der Waals surface area contributed by atoms with Crippen LogP contribution < -0.4 is 19.1 Å². The molecule has 2 aromatic carbocycles. The molecule has 3 aromatic heterocycles. The predicted molar refractivity (Wildman–Crippen MR) is 161 cm³/mol. The number of anilines is 1. The van der Waals surface area contributed by atoms with Crippen molar-refractivity contribution in [2.24, 2.45) is 0 Å². The van der Waals surface area contributed by atoms with Gasteiger partial charge in [-0.25, -0.2) is 4.98 Å². The molecule has 1 fully saturated rings. The molecule has 0 amide bonds. The number of morpholine rings is 1. The highest BCUT2D eigenvalue weighted by Crippen LogP contribution is 2.48. The molecule has 0 saturated carbocycles. The molecule has 11 nitrogen and oxygen atoms in total. The van der Waals surface area contributed by atoms with E-state index in [1.165, 1.54) is 27.4 Å². The van der Waals surface area contributed by atoms with E-state index in [2.05, 4.69) is 9.97 Å². The SMILES string of the molecule is COc1cc(N2CCOCC2)c([N+](=O)[O-])cc1-c1cc2c(cn1)cc(-c1c(Cl)c(OC)cc(OC)c1Cl)c1nccn12. The highest BCUT2D eigenvalue weighted by atomic mass is 35.5. The van der Waals surface area contributed by atoms with Gasteiger partial charge in [0.1, 0.15) is 28.6 Å². The summed E-state index contributed by atoms with van der Waals surface area (Å²) in [6.45, 7) is 2.09. The van der Waals surface area contributed by atoms with Crippen molar-refractivity contribution in [1.82, 2.24) is 14.4 Å². The van der Waals surface area contributed by atoms with Crippen LogP contribution >= 0.6 is 23.2 Å². The molecule has 5 aromatic rings. The Labute approximate surface area is 250 Å². The fourth-order valence-electron chi connectivity index (χ4n) is 5.28. The lowest BCUT2D eigenvalue weighted by Crippen LogP contribution is -2.36. The summed E-state index contributed by atoms with van der Waals surface area (Å²) >= 11 is 13.5. The number of aromatic nitrogens is 3. The number of ether oxygens (including phenoxy) is 4. The van der Waals surface area contributed by atoms with E-state index in [1.807, 2.05) is 27.6 Å². The van der Waals surface area contributed by atoms with Crippen LogP contribution in [-0.2, 0) is 4.74 Å². The third-order valence-electron chi connectivity index (χ3n) is 7.32. The highest BCUT2D eigenvalue weighted by Gasteiger charge is 2.27. The largest absolute Gasteiger partial charge is 0.496 e. The minimum Gasteiger partial charge on any atom is -0.496 e. The summed E-state index contributed by atoms with van der Waals surface area (Å²) in [5.41, 5.74) is 3.94. The van der Waals surface area contributed by atoms with Crippen LogP contribution in [0.1, 0.15) is 0 Å². The number of methoxy groups -OCH3 is 3. The van der Waals surface area contributed by atoms with Gasteiger partial charge in [0.15, 0.2) is 0 Å². The van der Waals surface area contributed by atoms with E-state index in [-0.39, 0.29) is 10.6 Å². The zero-order valence-electron chi connectivity index (χ0n) is 22.9. The number of nitrogens with zero attached hydrogens (tertiary/aromatic N) is 5. The number of hydrogen-bond donors (Lipinski definition) is 0. The van der Waals surface area contributed by atoms with Crippen molar-refractivity contribution in [2.75, 3.05) is 52.5 Å². The predicted octanol–water partition coefficient (Wildman–Crippen LogP) is 6.29. The molecule has 0 bridgehead atoms. The number of rotatable bonds is 7. The Hall–Kier alpha value is -4.32. The number of nitro groups is 1. The second-order valence-corrected chi connectivity index (χ2v) is 10.2. The third kappa shape index (κ3) is 4.59. The van der Waals surface area contributed by atoms with Gasteiger partial charge in [0, 0.05) is 72.0 Å². The lowest BCUT2D eigenvalue weighted by molar-refractivity contribution is -0.384. The number of benzene rings is 2. The van der Waals surface area contributed by atoms with Crippen LogP contribution in [0, 0.1) is 10.1 Å². The van der Waals surface area contributed by atoms with Crippen molar-refractivity contribution in [3.63, 3.8) is 0 Å². The molecular formula is C29H25Cl2N5O6. The molecule has 0 aliphatic carbocycles. The Balaban J connectivity index is 1.54. The molecule has 42 heavy (non-hydrogen) atoms. The molecule has 216 valence electrons. The monoisotopic (exact) mass is 609 g/mol. The second kappa shape index (κ2) is 11.2. The molecule has 0 atom stereocenters. The quantitative estimate of drug-likeness (QED) is 0.155. The summed E-state index contributed by atoms with van der Waals surface area (Å²) in [5, 5.41) is 13.5. The Morgan fingerprint density at radius 3 is 2.24 bits per heavy atom. The molecule has 1 saturated heterocycles. The third-order valence-corrected chi connectivity index (χ3v) is 8.07. The van der Waals surface area contributed by atoms with Crippen molar-refractivity contribution >= 4 is 51.1 Å². The zero-order valence-corrected chi connectivity index (χ0v) is 24.4. The van der Waals surface area contributed by atoms with Crippen molar-refractivity contribution in [3.05, 3.63) is 69.1 Å². The van der Waals surface area contributed by atoms with E-state index in [0.29, 0.717) is 87.3 Å². The first-order chi connectivity index (χ1) is 20.4. The van der Waals surface area contributed by atoms with Gasteiger partial charge in [-0.05, 0) is 12.1 Å². The maximum absolute atomic E-state index is 12.2. The number of fused-ring (bicyclic) bond motifs is 3. The summed E-state index contributed by atoms with van der Waals surface area (Å²) in [4.78, 5) is 23.0. The maximum Gasteiger partial charge on any atom is 0.293 e. The number of hydrogen-bond acceptors (Lipinski definition) is 9. The first kappa shape index (κ1) is 27.8. The minimum atomic E-state index is -0.384. The van der Waals surface area contributed by atoms with Crippen LogP contribution in [0.3, 0.4) is 0 Å². The van der Waals surface area contributed by atoms with Crippen molar-refractivity contribution < 1.29 is 23.9 Å². The molecule has 0 spiro atoms. The summed E-state index contributed by atoms with van der Waals surface area (Å²) in [6, 6.07) is 8.57. The van der Waals surface area contributed by atoms with Gasteiger partial charge in [-0.1, -0.05) is 23.2 Å². The minimum absolute atomic E-state index is 0.0334. The van der Waals surface area contributed by atoms with Crippen LogP contribution in [0.15, 0.2) is 48.9 Å². The van der Waals surface area contributed by atoms with Gasteiger partial charge in [-0.3, -0.25) is 19.5 Å². The number of nitro benzene ring substituents is 1. The molecule has 1 aliphatic heterocycles. The molecule has 1 aliphatic rings. The van der Waals surface area contributed by atoms with Crippen LogP contribution in [-0.4, -0.2) is 66.9 Å². The molecule has 4 heterocycles. The summed E-state index contributed by atoms with van der Waals surface area (Å²) in [6.07, 6.45) is 5.17. The van der Waals surface area contributed by atoms with Crippen molar-refractivity contribution in [1.29, 1.82) is 0 Å². The van der Waals surface area contributed by atoms with Gasteiger partial charge < -0.3 is 23.8 Å². The van der Waals surface area contributed by atoms with Crippen LogP contribution in [0.2, 0.25) is 10.0 Å². The van der Waals surface area contributed by atoms with E-state index in [4.69, 9.17) is 42.1 Å². The van der Waals surface area contributed by atoms with Gasteiger partial charge in [0.05, 0.1) is 60.7 Å². The summed E-state index contributed by atoms with van der Waals surface area (Å²) in [5.74, 6) is 1.27. The number of halogens is 2. The number of pyridine rings is 2. The maximum atomic E-state index is 12.2. The lowest BCUT2D eigenvalue weighted by Gasteiger charge is -2.29. The smallest absolute Gasteiger partial charge is 0.293 e. The Bertz CT molecular complexity index is 1830. The molecule has 0 N–H and O–H groups in total. The topological polar surface area (TPSA) is 113 Å². The van der Waals surface area contributed by atoms with Crippen molar-refractivity contribution in [3.8, 4) is 39.6 Å². The van der Waals surface area contributed by atoms with Gasteiger partial charge >= 0.3 is 0 Å². The van der Waals surface area contributed by atoms with Gasteiger partial charge in [-0.15, -0.1) is 0 Å². The molecule has 0 radical (unpaired) electrons. The zero-order chi connectivity index (χ0) is 29.5. The van der Waals surface area contributed by atoms with E-state index >= 15 is 0 Å². The molecule has 6 rings (SSSR count). The summed E-state index contributed by atoms with van der Waals surface area (Å²) in [7, 11) is 4.56. The number of imidazole rings is 1. The normalized spacial score (nSPS) is 13.5. The van der Waals surface area contributed by atoms with E-state index in [0.717, 1.165) is 10.9 Å². The van der Waals surface area contributed by atoms with E-state index in [1.54, 1.807) is 24.5 Å². The average Bonchev–Trinajstić information content (AvgIpc) is 3.51. The first-order valence-corrected chi connectivity index (χ1v) is 13.7. The van der Waals surface area contributed by atoms with Gasteiger partial charge in [0.25, 0.3) is 5.69 Å². The van der Waals surface area contributed by atoms with Gasteiger partial charge in [-0.2, -0.15) is 0 Å². The second-order valence-electron chi connectivity index (χ2n) is 9.49. The highest BCUT2D eigenvalue weighted by molar-refractivity contribution is 6.41. The molecule has 13 heteroatoms. The van der Waals surface area contributed by atoms with E-state index < -0.39 is 0 Å². The average molecular weight is 610 g/mol. The Kier molecular flexibility index (Phi) is 7.40.